The van der Waals surface area contributed by atoms with Crippen molar-refractivity contribution in [1.82, 2.24) is 15.6 Å². The van der Waals surface area contributed by atoms with Gasteiger partial charge in [-0.1, -0.05) is 0 Å². The Labute approximate surface area is 105 Å². The van der Waals surface area contributed by atoms with E-state index in [-0.39, 0.29) is 30.5 Å². The number of pyridine rings is 1. The van der Waals surface area contributed by atoms with Crippen molar-refractivity contribution in [2.24, 2.45) is 0 Å². The van der Waals surface area contributed by atoms with E-state index < -0.39 is 11.9 Å². The standard InChI is InChI=1S/C12H16FN3O2/c1-8(2)16-10(17)5-7-15-12(18)9-4-3-6-14-11(9)13/h3-4,6,8H,5,7H2,1-2H3,(H,15,18)(H,16,17). The third-order valence-corrected chi connectivity index (χ3v) is 2.09. The van der Waals surface area contributed by atoms with E-state index in [2.05, 4.69) is 15.6 Å². The lowest BCUT2D eigenvalue weighted by Gasteiger charge is -2.09. The molecule has 1 heterocycles. The summed E-state index contributed by atoms with van der Waals surface area (Å²) in [5.41, 5.74) is -0.123. The summed E-state index contributed by atoms with van der Waals surface area (Å²) in [6.45, 7) is 3.86. The van der Waals surface area contributed by atoms with Crippen LogP contribution in [0, 0.1) is 5.95 Å². The minimum Gasteiger partial charge on any atom is -0.354 e. The molecular weight excluding hydrogens is 237 g/mol. The zero-order valence-electron chi connectivity index (χ0n) is 10.4. The molecule has 0 radical (unpaired) electrons. The van der Waals surface area contributed by atoms with Gasteiger partial charge in [-0.05, 0) is 26.0 Å². The number of amides is 2. The monoisotopic (exact) mass is 253 g/mol. The largest absolute Gasteiger partial charge is 0.354 e. The molecule has 2 amide bonds. The number of aromatic nitrogens is 1. The lowest BCUT2D eigenvalue weighted by atomic mass is 10.2. The Morgan fingerprint density at radius 3 is 2.78 bits per heavy atom. The van der Waals surface area contributed by atoms with E-state index >= 15 is 0 Å². The van der Waals surface area contributed by atoms with Crippen molar-refractivity contribution in [3.63, 3.8) is 0 Å². The van der Waals surface area contributed by atoms with Crippen LogP contribution in [0.15, 0.2) is 18.3 Å². The molecule has 0 aromatic carbocycles. The van der Waals surface area contributed by atoms with Crippen molar-refractivity contribution in [3.8, 4) is 0 Å². The summed E-state index contributed by atoms with van der Waals surface area (Å²) in [5.74, 6) is -1.54. The van der Waals surface area contributed by atoms with Gasteiger partial charge in [0.1, 0.15) is 0 Å². The van der Waals surface area contributed by atoms with Gasteiger partial charge in [0.25, 0.3) is 5.91 Å². The van der Waals surface area contributed by atoms with Crippen LogP contribution in [0.5, 0.6) is 0 Å². The van der Waals surface area contributed by atoms with Crippen molar-refractivity contribution in [2.75, 3.05) is 6.54 Å². The van der Waals surface area contributed by atoms with Crippen molar-refractivity contribution >= 4 is 11.8 Å². The minimum atomic E-state index is -0.818. The van der Waals surface area contributed by atoms with E-state index in [4.69, 9.17) is 0 Å². The number of hydrogen-bond acceptors (Lipinski definition) is 3. The van der Waals surface area contributed by atoms with Gasteiger partial charge in [0.05, 0.1) is 5.56 Å². The van der Waals surface area contributed by atoms with Crippen LogP contribution in [0.25, 0.3) is 0 Å². The fourth-order valence-electron chi connectivity index (χ4n) is 1.33. The van der Waals surface area contributed by atoms with Crippen molar-refractivity contribution in [1.29, 1.82) is 0 Å². The van der Waals surface area contributed by atoms with E-state index in [9.17, 15) is 14.0 Å². The van der Waals surface area contributed by atoms with Gasteiger partial charge in [-0.25, -0.2) is 4.98 Å². The predicted octanol–water partition coefficient (Wildman–Crippen LogP) is 0.865. The first kappa shape index (κ1) is 14.1. The Hall–Kier alpha value is -1.98. The third kappa shape index (κ3) is 4.48. The second-order valence-electron chi connectivity index (χ2n) is 4.07. The normalized spacial score (nSPS) is 10.2. The summed E-state index contributed by atoms with van der Waals surface area (Å²) < 4.78 is 13.1. The van der Waals surface area contributed by atoms with Gasteiger partial charge in [0.2, 0.25) is 11.9 Å². The number of carbonyl (C=O) groups excluding carboxylic acids is 2. The second-order valence-corrected chi connectivity index (χ2v) is 4.07. The molecule has 5 nitrogen and oxygen atoms in total. The summed E-state index contributed by atoms with van der Waals surface area (Å²) >= 11 is 0. The van der Waals surface area contributed by atoms with Crippen molar-refractivity contribution in [2.45, 2.75) is 26.3 Å². The Morgan fingerprint density at radius 2 is 2.17 bits per heavy atom. The van der Waals surface area contributed by atoms with Crippen LogP contribution in [0.1, 0.15) is 30.6 Å². The number of halogens is 1. The molecule has 0 aliphatic heterocycles. The zero-order chi connectivity index (χ0) is 13.5. The third-order valence-electron chi connectivity index (χ3n) is 2.09. The fraction of sp³-hybridized carbons (Fsp3) is 0.417. The van der Waals surface area contributed by atoms with Gasteiger partial charge in [0, 0.05) is 25.2 Å². The first-order chi connectivity index (χ1) is 8.50. The van der Waals surface area contributed by atoms with E-state index in [0.29, 0.717) is 0 Å². The van der Waals surface area contributed by atoms with Crippen LogP contribution in [-0.4, -0.2) is 29.4 Å². The molecule has 18 heavy (non-hydrogen) atoms. The van der Waals surface area contributed by atoms with E-state index in [1.807, 2.05) is 13.8 Å². The summed E-state index contributed by atoms with van der Waals surface area (Å²) in [4.78, 5) is 26.2. The molecule has 1 rings (SSSR count). The molecule has 0 saturated carbocycles. The fourth-order valence-corrected chi connectivity index (χ4v) is 1.33. The Morgan fingerprint density at radius 1 is 1.44 bits per heavy atom. The average molecular weight is 253 g/mol. The van der Waals surface area contributed by atoms with Crippen molar-refractivity contribution < 1.29 is 14.0 Å². The lowest BCUT2D eigenvalue weighted by Crippen LogP contribution is -2.34. The highest BCUT2D eigenvalue weighted by Crippen LogP contribution is 2.02. The molecule has 2 N–H and O–H groups in total. The highest BCUT2D eigenvalue weighted by molar-refractivity contribution is 5.94. The number of nitrogens with zero attached hydrogens (tertiary/aromatic N) is 1. The molecule has 0 unspecified atom stereocenters. The minimum absolute atomic E-state index is 0.0592. The Bertz CT molecular complexity index is 435. The summed E-state index contributed by atoms with van der Waals surface area (Å²) in [6.07, 6.45) is 1.42. The van der Waals surface area contributed by atoms with Gasteiger partial charge in [0.15, 0.2) is 0 Å². The lowest BCUT2D eigenvalue weighted by molar-refractivity contribution is -0.121. The van der Waals surface area contributed by atoms with Crippen LogP contribution >= 0.6 is 0 Å². The SMILES string of the molecule is CC(C)NC(=O)CCNC(=O)c1cccnc1F. The molecule has 1 aromatic rings. The molecule has 0 saturated heterocycles. The summed E-state index contributed by atoms with van der Waals surface area (Å²) in [5, 5.41) is 5.16. The maximum atomic E-state index is 13.1. The summed E-state index contributed by atoms with van der Waals surface area (Å²) in [6, 6.07) is 2.87. The van der Waals surface area contributed by atoms with Crippen LogP contribution in [-0.2, 0) is 4.79 Å². The second kappa shape index (κ2) is 6.68. The molecule has 98 valence electrons. The van der Waals surface area contributed by atoms with Gasteiger partial charge < -0.3 is 10.6 Å². The van der Waals surface area contributed by atoms with Crippen LogP contribution in [0.4, 0.5) is 4.39 Å². The summed E-state index contributed by atoms with van der Waals surface area (Å²) in [7, 11) is 0. The van der Waals surface area contributed by atoms with Gasteiger partial charge in [-0.3, -0.25) is 9.59 Å². The molecule has 0 aliphatic carbocycles. The molecule has 0 spiro atoms. The maximum absolute atomic E-state index is 13.1. The zero-order valence-corrected chi connectivity index (χ0v) is 10.4. The molecule has 0 aliphatic rings. The number of carbonyl (C=O) groups is 2. The molecule has 0 bridgehead atoms. The van der Waals surface area contributed by atoms with E-state index in [1.54, 1.807) is 0 Å². The van der Waals surface area contributed by atoms with Gasteiger partial charge >= 0.3 is 0 Å². The number of nitrogens with one attached hydrogen (secondary N) is 2. The topological polar surface area (TPSA) is 71.1 Å². The maximum Gasteiger partial charge on any atom is 0.255 e. The van der Waals surface area contributed by atoms with Crippen LogP contribution in [0.2, 0.25) is 0 Å². The molecule has 0 fully saturated rings. The molecule has 0 atom stereocenters. The molecule has 1 aromatic heterocycles. The van der Waals surface area contributed by atoms with Crippen LogP contribution in [0.3, 0.4) is 0 Å². The molecular formula is C12H16FN3O2. The quantitative estimate of drug-likeness (QED) is 0.765. The smallest absolute Gasteiger partial charge is 0.255 e. The van der Waals surface area contributed by atoms with Gasteiger partial charge in [-0.15, -0.1) is 0 Å². The number of rotatable bonds is 5. The van der Waals surface area contributed by atoms with Crippen molar-refractivity contribution in [3.05, 3.63) is 29.8 Å². The Balaban J connectivity index is 2.39. The highest BCUT2D eigenvalue weighted by atomic mass is 19.1. The van der Waals surface area contributed by atoms with E-state index in [1.165, 1.54) is 18.3 Å². The first-order valence-corrected chi connectivity index (χ1v) is 5.68. The Kier molecular flexibility index (Phi) is 5.23. The van der Waals surface area contributed by atoms with Gasteiger partial charge in [-0.2, -0.15) is 4.39 Å². The average Bonchev–Trinajstić information content (AvgIpc) is 2.28. The number of hydrogen-bond donors (Lipinski definition) is 2. The first-order valence-electron chi connectivity index (χ1n) is 5.68. The molecule has 6 heteroatoms. The highest BCUT2D eigenvalue weighted by Gasteiger charge is 2.11. The van der Waals surface area contributed by atoms with E-state index in [0.717, 1.165) is 0 Å². The predicted molar refractivity (Wildman–Crippen MR) is 64.4 cm³/mol. The van der Waals surface area contributed by atoms with Crippen LogP contribution < -0.4 is 10.6 Å².